The maximum atomic E-state index is 12.5. The zero-order valence-electron chi connectivity index (χ0n) is 14.2. The summed E-state index contributed by atoms with van der Waals surface area (Å²) < 4.78 is 10.2. The van der Waals surface area contributed by atoms with Gasteiger partial charge in [-0.3, -0.25) is 9.48 Å². The van der Waals surface area contributed by atoms with E-state index in [0.717, 1.165) is 16.0 Å². The smallest absolute Gasteiger partial charge is 0.300 e. The van der Waals surface area contributed by atoms with Gasteiger partial charge >= 0.3 is 0 Å². The number of amides is 1. The number of aryl methyl sites for hydroxylation is 1. The molecular formula is C17H20N4O2S. The van der Waals surface area contributed by atoms with Gasteiger partial charge in [0.15, 0.2) is 10.5 Å². The Morgan fingerprint density at radius 2 is 2.17 bits per heavy atom. The van der Waals surface area contributed by atoms with Crippen LogP contribution in [-0.4, -0.2) is 27.4 Å². The molecule has 6 nitrogen and oxygen atoms in total. The highest BCUT2D eigenvalue weighted by molar-refractivity contribution is 7.16. The van der Waals surface area contributed by atoms with Crippen LogP contribution in [0, 0.1) is 0 Å². The van der Waals surface area contributed by atoms with Crippen LogP contribution in [0.3, 0.4) is 0 Å². The normalized spacial score (nSPS) is 12.3. The number of thiazole rings is 1. The maximum Gasteiger partial charge on any atom is 0.300 e. The topological polar surface area (TPSA) is 61.4 Å². The second kappa shape index (κ2) is 6.60. The maximum absolute atomic E-state index is 12.5. The third kappa shape index (κ3) is 2.87. The summed E-state index contributed by atoms with van der Waals surface area (Å²) in [4.78, 5) is 17.4. The number of methoxy groups -OCH3 is 1. The Bertz CT molecular complexity index is 949. The molecule has 2 heterocycles. The Kier molecular flexibility index (Phi) is 4.53. The van der Waals surface area contributed by atoms with Gasteiger partial charge in [-0.15, -0.1) is 0 Å². The van der Waals surface area contributed by atoms with Crippen molar-refractivity contribution in [2.24, 2.45) is 4.99 Å². The first-order valence-electron chi connectivity index (χ1n) is 7.85. The van der Waals surface area contributed by atoms with Crippen LogP contribution in [0.25, 0.3) is 10.2 Å². The van der Waals surface area contributed by atoms with Crippen molar-refractivity contribution in [3.63, 3.8) is 0 Å². The van der Waals surface area contributed by atoms with Gasteiger partial charge in [-0.05, 0) is 39.0 Å². The fraction of sp³-hybridized carbons (Fsp3) is 0.353. The molecular weight excluding hydrogens is 324 g/mol. The number of ether oxygens (including phenoxy) is 1. The first-order valence-corrected chi connectivity index (χ1v) is 8.67. The van der Waals surface area contributed by atoms with Gasteiger partial charge in [0.05, 0.1) is 11.8 Å². The molecule has 1 amide bonds. The Balaban J connectivity index is 2.10. The Morgan fingerprint density at radius 1 is 1.38 bits per heavy atom. The van der Waals surface area contributed by atoms with Gasteiger partial charge in [0, 0.05) is 18.8 Å². The lowest BCUT2D eigenvalue weighted by Gasteiger charge is -2.05. The molecule has 0 bridgehead atoms. The molecule has 0 aliphatic carbocycles. The minimum atomic E-state index is -0.331. The van der Waals surface area contributed by atoms with Crippen LogP contribution in [0.1, 0.15) is 37.3 Å². The minimum Gasteiger partial charge on any atom is -0.495 e. The summed E-state index contributed by atoms with van der Waals surface area (Å²) >= 11 is 1.47. The lowest BCUT2D eigenvalue weighted by molar-refractivity contribution is 0.0992. The molecule has 0 N–H and O–H groups in total. The van der Waals surface area contributed by atoms with E-state index in [-0.39, 0.29) is 11.9 Å². The summed E-state index contributed by atoms with van der Waals surface area (Å²) in [5.74, 6) is 0.450. The van der Waals surface area contributed by atoms with E-state index in [9.17, 15) is 4.79 Å². The summed E-state index contributed by atoms with van der Waals surface area (Å²) in [6, 6.07) is 7.77. The van der Waals surface area contributed by atoms with Crippen molar-refractivity contribution in [2.75, 3.05) is 7.11 Å². The molecule has 0 unspecified atom stereocenters. The highest BCUT2D eigenvalue weighted by Crippen LogP contribution is 2.27. The fourth-order valence-corrected chi connectivity index (χ4v) is 3.63. The molecule has 0 radical (unpaired) electrons. The van der Waals surface area contributed by atoms with Crippen LogP contribution in [0.15, 0.2) is 35.5 Å². The number of hydrogen-bond acceptors (Lipinski definition) is 4. The largest absolute Gasteiger partial charge is 0.495 e. The monoisotopic (exact) mass is 344 g/mol. The van der Waals surface area contributed by atoms with Crippen LogP contribution in [0.5, 0.6) is 5.75 Å². The van der Waals surface area contributed by atoms with E-state index in [1.807, 2.05) is 43.5 Å². The second-order valence-corrected chi connectivity index (χ2v) is 6.64. The zero-order chi connectivity index (χ0) is 17.3. The molecule has 0 saturated carbocycles. The molecule has 0 fully saturated rings. The van der Waals surface area contributed by atoms with Gasteiger partial charge in [-0.2, -0.15) is 10.1 Å². The van der Waals surface area contributed by atoms with E-state index < -0.39 is 0 Å². The average molecular weight is 344 g/mol. The predicted molar refractivity (Wildman–Crippen MR) is 94.5 cm³/mol. The molecule has 0 atom stereocenters. The van der Waals surface area contributed by atoms with Crippen molar-refractivity contribution in [2.45, 2.75) is 33.4 Å². The third-order valence-electron chi connectivity index (χ3n) is 3.75. The van der Waals surface area contributed by atoms with E-state index >= 15 is 0 Å². The number of hydrogen-bond donors (Lipinski definition) is 0. The van der Waals surface area contributed by atoms with Gasteiger partial charge in [-0.25, -0.2) is 0 Å². The first kappa shape index (κ1) is 16.4. The average Bonchev–Trinajstić information content (AvgIpc) is 3.18. The van der Waals surface area contributed by atoms with E-state index in [2.05, 4.69) is 10.1 Å². The molecule has 0 aliphatic rings. The Morgan fingerprint density at radius 3 is 2.79 bits per heavy atom. The van der Waals surface area contributed by atoms with Crippen molar-refractivity contribution in [1.82, 2.24) is 14.3 Å². The summed E-state index contributed by atoms with van der Waals surface area (Å²) in [5, 5.41) is 4.29. The van der Waals surface area contributed by atoms with Crippen LogP contribution in [0.4, 0.5) is 0 Å². The Hall–Kier alpha value is -2.41. The van der Waals surface area contributed by atoms with Crippen molar-refractivity contribution in [3.05, 3.63) is 41.0 Å². The van der Waals surface area contributed by atoms with E-state index in [1.165, 1.54) is 11.3 Å². The van der Waals surface area contributed by atoms with E-state index in [1.54, 1.807) is 24.1 Å². The van der Waals surface area contributed by atoms with Crippen LogP contribution >= 0.6 is 11.3 Å². The van der Waals surface area contributed by atoms with Crippen molar-refractivity contribution >= 4 is 27.5 Å². The fourth-order valence-electron chi connectivity index (χ4n) is 2.52. The summed E-state index contributed by atoms with van der Waals surface area (Å²) in [6.45, 7) is 6.76. The van der Waals surface area contributed by atoms with Crippen LogP contribution < -0.4 is 9.54 Å². The van der Waals surface area contributed by atoms with Gasteiger partial charge in [-0.1, -0.05) is 17.4 Å². The summed E-state index contributed by atoms with van der Waals surface area (Å²) in [6.07, 6.45) is 1.80. The van der Waals surface area contributed by atoms with Gasteiger partial charge < -0.3 is 9.30 Å². The highest BCUT2D eigenvalue weighted by Gasteiger charge is 2.13. The molecule has 0 saturated heterocycles. The standard InChI is InChI=1S/C17H20N4O2S/c1-5-20-15-13(23-4)7-6-8-14(15)24-17(20)18-16(22)12-9-10-21(19-12)11(2)3/h6-11H,5H2,1-4H3. The summed E-state index contributed by atoms with van der Waals surface area (Å²) in [7, 11) is 1.65. The molecule has 24 heavy (non-hydrogen) atoms. The third-order valence-corrected chi connectivity index (χ3v) is 4.80. The molecule has 0 spiro atoms. The number of aromatic nitrogens is 3. The highest BCUT2D eigenvalue weighted by atomic mass is 32.1. The number of rotatable bonds is 4. The number of benzene rings is 1. The molecule has 3 rings (SSSR count). The van der Waals surface area contributed by atoms with Crippen molar-refractivity contribution in [1.29, 1.82) is 0 Å². The van der Waals surface area contributed by atoms with Crippen LogP contribution in [0.2, 0.25) is 0 Å². The Labute approximate surface area is 144 Å². The lowest BCUT2D eigenvalue weighted by Crippen LogP contribution is -2.16. The number of carbonyl (C=O) groups excluding carboxylic acids is 1. The summed E-state index contributed by atoms with van der Waals surface area (Å²) in [5.41, 5.74) is 1.32. The van der Waals surface area contributed by atoms with Gasteiger partial charge in [0.1, 0.15) is 11.3 Å². The molecule has 3 aromatic rings. The minimum absolute atomic E-state index is 0.209. The van der Waals surface area contributed by atoms with Crippen molar-refractivity contribution in [3.8, 4) is 5.75 Å². The predicted octanol–water partition coefficient (Wildman–Crippen LogP) is 3.25. The van der Waals surface area contributed by atoms with E-state index in [4.69, 9.17) is 4.74 Å². The number of nitrogens with zero attached hydrogens (tertiary/aromatic N) is 4. The second-order valence-electron chi connectivity index (χ2n) is 5.63. The quantitative estimate of drug-likeness (QED) is 0.730. The van der Waals surface area contributed by atoms with Gasteiger partial charge in [0.25, 0.3) is 5.91 Å². The van der Waals surface area contributed by atoms with E-state index in [0.29, 0.717) is 17.0 Å². The molecule has 0 aliphatic heterocycles. The number of carbonyl (C=O) groups is 1. The molecule has 126 valence electrons. The van der Waals surface area contributed by atoms with Crippen molar-refractivity contribution < 1.29 is 9.53 Å². The number of para-hydroxylation sites is 1. The van der Waals surface area contributed by atoms with Gasteiger partial charge in [0.2, 0.25) is 0 Å². The number of fused-ring (bicyclic) bond motifs is 1. The first-order chi connectivity index (χ1) is 11.5. The van der Waals surface area contributed by atoms with Crippen LogP contribution in [-0.2, 0) is 6.54 Å². The lowest BCUT2D eigenvalue weighted by atomic mass is 10.3. The zero-order valence-corrected chi connectivity index (χ0v) is 15.0. The SMILES string of the molecule is CCn1c(=NC(=O)c2ccn(C(C)C)n2)sc2cccc(OC)c21. The molecule has 1 aromatic carbocycles. The molecule has 7 heteroatoms. The molecule has 2 aromatic heterocycles.